The Morgan fingerprint density at radius 2 is 1.33 bits per heavy atom. The molecular weight excluding hydrogens is 330 g/mol. The monoisotopic (exact) mass is 354 g/mol. The highest BCUT2D eigenvalue weighted by atomic mass is 32.5. The molecule has 2 aliphatic rings. The lowest BCUT2D eigenvalue weighted by atomic mass is 9.97. The van der Waals surface area contributed by atoms with E-state index in [1.807, 2.05) is 13.8 Å². The van der Waals surface area contributed by atoms with E-state index in [1.54, 1.807) is 6.92 Å². The lowest BCUT2D eigenvalue weighted by Crippen LogP contribution is -2.30. The second-order valence-corrected chi connectivity index (χ2v) is 12.7. The van der Waals surface area contributed by atoms with Crippen LogP contribution in [0.2, 0.25) is 0 Å². The van der Waals surface area contributed by atoms with Gasteiger partial charge >= 0.3 is 7.60 Å². The minimum absolute atomic E-state index is 0.0469. The first-order valence-electron chi connectivity index (χ1n) is 6.93. The van der Waals surface area contributed by atoms with Gasteiger partial charge in [0, 0.05) is 22.0 Å². The number of allylic oxidation sites excluding steroid dienone is 1. The quantitative estimate of drug-likeness (QED) is 0.681. The summed E-state index contributed by atoms with van der Waals surface area (Å²) in [4.78, 5) is 0. The molecule has 2 heterocycles. The van der Waals surface area contributed by atoms with Crippen LogP contribution in [0.1, 0.15) is 34.6 Å². The van der Waals surface area contributed by atoms with Crippen molar-refractivity contribution in [3.8, 4) is 0 Å². The van der Waals surface area contributed by atoms with Gasteiger partial charge in [0.1, 0.15) is 0 Å². The summed E-state index contributed by atoms with van der Waals surface area (Å²) in [6, 6.07) is 0. The minimum Gasteiger partial charge on any atom is -0.326 e. The van der Waals surface area contributed by atoms with E-state index in [4.69, 9.17) is 29.9 Å². The maximum Gasteiger partial charge on any atom is 0.354 e. The van der Waals surface area contributed by atoms with Crippen molar-refractivity contribution in [3.63, 3.8) is 0 Å². The van der Waals surface area contributed by atoms with Crippen LogP contribution < -0.4 is 0 Å². The highest BCUT2D eigenvalue weighted by Crippen LogP contribution is 2.65. The number of hydrogen-bond donors (Lipinski definition) is 0. The van der Waals surface area contributed by atoms with E-state index in [0.29, 0.717) is 31.7 Å². The third-order valence-corrected chi connectivity index (χ3v) is 8.61. The molecule has 0 aromatic heterocycles. The Kier molecular flexibility index (Phi) is 4.94. The molecule has 0 aromatic rings. The summed E-state index contributed by atoms with van der Waals surface area (Å²) in [6.07, 6.45) is 0. The first-order chi connectivity index (χ1) is 9.46. The van der Waals surface area contributed by atoms with Crippen molar-refractivity contribution in [2.75, 3.05) is 26.4 Å². The van der Waals surface area contributed by atoms with Crippen molar-refractivity contribution in [1.29, 1.82) is 0 Å². The zero-order valence-electron chi connectivity index (χ0n) is 13.2. The maximum atomic E-state index is 12.6. The molecule has 5 nitrogen and oxygen atoms in total. The summed E-state index contributed by atoms with van der Waals surface area (Å²) in [5.41, 5.74) is -0.174. The summed E-state index contributed by atoms with van der Waals surface area (Å²) in [6.45, 7) is 9.20. The fourth-order valence-electron chi connectivity index (χ4n) is 1.78. The first-order valence-corrected chi connectivity index (χ1v) is 11.2. The van der Waals surface area contributed by atoms with Crippen LogP contribution in [0.4, 0.5) is 0 Å². The van der Waals surface area contributed by atoms with Crippen molar-refractivity contribution in [2.24, 2.45) is 10.8 Å². The van der Waals surface area contributed by atoms with Gasteiger partial charge in [0.15, 0.2) is 0 Å². The van der Waals surface area contributed by atoms with Crippen LogP contribution in [-0.2, 0) is 34.5 Å². The molecular formula is C13H24O5P2S. The third-order valence-electron chi connectivity index (χ3n) is 3.30. The zero-order valence-corrected chi connectivity index (χ0v) is 15.9. The average Bonchev–Trinajstić information content (AvgIpc) is 2.38. The summed E-state index contributed by atoms with van der Waals surface area (Å²) in [5, 5.41) is 0.649. The van der Waals surface area contributed by atoms with E-state index in [1.165, 1.54) is 5.82 Å². The van der Waals surface area contributed by atoms with Gasteiger partial charge in [-0.25, -0.2) is 0 Å². The summed E-state index contributed by atoms with van der Waals surface area (Å²) < 4.78 is 35.0. The van der Waals surface area contributed by atoms with Crippen LogP contribution in [0.3, 0.4) is 0 Å². The average molecular weight is 354 g/mol. The van der Waals surface area contributed by atoms with Crippen LogP contribution in [0.25, 0.3) is 0 Å². The van der Waals surface area contributed by atoms with Crippen molar-refractivity contribution in [3.05, 3.63) is 11.1 Å². The largest absolute Gasteiger partial charge is 0.354 e. The van der Waals surface area contributed by atoms with Gasteiger partial charge in [-0.3, -0.25) is 4.57 Å². The fraction of sp³-hybridized carbons (Fsp3) is 0.846. The van der Waals surface area contributed by atoms with Crippen LogP contribution in [0, 0.1) is 10.8 Å². The molecule has 2 saturated heterocycles. The minimum atomic E-state index is -3.25. The predicted molar refractivity (Wildman–Crippen MR) is 87.0 cm³/mol. The molecule has 8 heteroatoms. The van der Waals surface area contributed by atoms with Gasteiger partial charge in [-0.05, 0) is 18.7 Å². The lowest BCUT2D eigenvalue weighted by molar-refractivity contribution is 0.0455. The van der Waals surface area contributed by atoms with E-state index >= 15 is 0 Å². The molecule has 0 saturated carbocycles. The van der Waals surface area contributed by atoms with E-state index in [9.17, 15) is 4.57 Å². The van der Waals surface area contributed by atoms with Crippen LogP contribution >= 0.6 is 14.1 Å². The molecule has 2 aliphatic heterocycles. The molecule has 2 rings (SSSR count). The Hall–Kier alpha value is 0.460. The van der Waals surface area contributed by atoms with Gasteiger partial charge in [-0.2, -0.15) is 0 Å². The Morgan fingerprint density at radius 3 is 1.76 bits per heavy atom. The van der Waals surface area contributed by atoms with Crippen molar-refractivity contribution in [2.45, 2.75) is 34.6 Å². The SMILES string of the molecule is C/C(=C\P1(=O)OCC(C)(C)CO1)P1(=S)OCC(C)(C)CO1. The Bertz CT molecular complexity index is 513. The van der Waals surface area contributed by atoms with E-state index < -0.39 is 14.1 Å². The van der Waals surface area contributed by atoms with Crippen molar-refractivity contribution in [1.82, 2.24) is 0 Å². The van der Waals surface area contributed by atoms with Gasteiger partial charge in [0.2, 0.25) is 6.49 Å². The molecule has 0 bridgehead atoms. The molecule has 0 unspecified atom stereocenters. The van der Waals surface area contributed by atoms with E-state index in [2.05, 4.69) is 13.8 Å². The molecule has 0 spiro atoms. The van der Waals surface area contributed by atoms with Crippen LogP contribution in [0.5, 0.6) is 0 Å². The lowest BCUT2D eigenvalue weighted by Gasteiger charge is -2.37. The van der Waals surface area contributed by atoms with Gasteiger partial charge in [-0.1, -0.05) is 27.7 Å². The second-order valence-electron chi connectivity index (χ2n) is 7.23. The van der Waals surface area contributed by atoms with Gasteiger partial charge in [0.25, 0.3) is 0 Å². The summed E-state index contributed by atoms with van der Waals surface area (Å²) >= 11 is 5.51. The zero-order chi connectivity index (χ0) is 15.9. The van der Waals surface area contributed by atoms with E-state index in [-0.39, 0.29) is 10.8 Å². The van der Waals surface area contributed by atoms with Crippen LogP contribution in [0.15, 0.2) is 11.1 Å². The van der Waals surface area contributed by atoms with Crippen molar-refractivity contribution >= 4 is 25.9 Å². The molecule has 0 aliphatic carbocycles. The van der Waals surface area contributed by atoms with Gasteiger partial charge in [0.05, 0.1) is 26.4 Å². The number of hydrogen-bond acceptors (Lipinski definition) is 6. The molecule has 122 valence electrons. The molecule has 0 amide bonds. The normalized spacial score (nSPS) is 30.8. The Morgan fingerprint density at radius 1 is 0.952 bits per heavy atom. The second kappa shape index (κ2) is 5.83. The van der Waals surface area contributed by atoms with E-state index in [0.717, 1.165) is 0 Å². The molecule has 2 fully saturated rings. The van der Waals surface area contributed by atoms with Gasteiger partial charge < -0.3 is 18.1 Å². The highest BCUT2D eigenvalue weighted by molar-refractivity contribution is 8.12. The Balaban J connectivity index is 2.11. The van der Waals surface area contributed by atoms with Crippen molar-refractivity contribution < 1.29 is 22.7 Å². The standard InChI is InChI=1S/C13H24O5P2S/c1-11(20(21)17-9-13(4,5)10-18-20)6-19(14)15-7-12(2,3)8-16-19/h6H,7-10H2,1-5H3/b11-6+. The predicted octanol–water partition coefficient (Wildman–Crippen LogP) is 4.50. The third kappa shape index (κ3) is 4.48. The summed E-state index contributed by atoms with van der Waals surface area (Å²) in [5.74, 6) is 1.49. The van der Waals surface area contributed by atoms with Gasteiger partial charge in [-0.15, -0.1) is 0 Å². The number of rotatable bonds is 2. The molecule has 0 N–H and O–H groups in total. The molecule has 21 heavy (non-hydrogen) atoms. The fourth-order valence-corrected chi connectivity index (χ4v) is 6.78. The Labute approximate surface area is 132 Å². The van der Waals surface area contributed by atoms with Crippen LogP contribution in [-0.4, -0.2) is 26.4 Å². The molecule has 0 aromatic carbocycles. The topological polar surface area (TPSA) is 54.0 Å². The maximum absolute atomic E-state index is 12.6. The molecule has 0 atom stereocenters. The smallest absolute Gasteiger partial charge is 0.326 e. The molecule has 0 radical (unpaired) electrons. The highest BCUT2D eigenvalue weighted by Gasteiger charge is 2.39. The first kappa shape index (κ1) is 17.8. The summed E-state index contributed by atoms with van der Waals surface area (Å²) in [7, 11) is -3.25.